The lowest BCUT2D eigenvalue weighted by Gasteiger charge is -2.25. The summed E-state index contributed by atoms with van der Waals surface area (Å²) in [5.41, 5.74) is 21.9. The molecule has 0 bridgehead atoms. The van der Waals surface area contributed by atoms with Gasteiger partial charge in [-0.2, -0.15) is 0 Å². The Labute approximate surface area is 400 Å². The van der Waals surface area contributed by atoms with E-state index in [1.54, 1.807) is 0 Å². The summed E-state index contributed by atoms with van der Waals surface area (Å²) in [7, 11) is 0.756. The van der Waals surface area contributed by atoms with Gasteiger partial charge >= 0.3 is 0 Å². The zero-order chi connectivity index (χ0) is 45.6. The zero-order valence-corrected chi connectivity index (χ0v) is 39.6. The molecule has 0 unspecified atom stereocenters. The number of rotatable bonds is 5. The molecule has 1 aliphatic carbocycles. The first kappa shape index (κ1) is 39.6. The molecular formula is C63H47BN2OS. The van der Waals surface area contributed by atoms with Crippen molar-refractivity contribution in [1.82, 2.24) is 4.57 Å². The van der Waals surface area contributed by atoms with Gasteiger partial charge in [-0.15, -0.1) is 11.3 Å². The van der Waals surface area contributed by atoms with Crippen molar-refractivity contribution in [2.75, 3.05) is 5.32 Å². The van der Waals surface area contributed by atoms with Crippen LogP contribution in [-0.2, 0) is 10.8 Å². The van der Waals surface area contributed by atoms with Gasteiger partial charge in [0.1, 0.15) is 11.3 Å². The molecule has 2 aliphatic rings. The fraction of sp³-hybridized carbons (Fsp3) is 0.111. The average molecular weight is 891 g/mol. The Balaban J connectivity index is 1.07. The molecule has 0 spiro atoms. The molecule has 0 atom stereocenters. The second kappa shape index (κ2) is 14.2. The Kier molecular flexibility index (Phi) is 8.27. The van der Waals surface area contributed by atoms with Gasteiger partial charge in [0.2, 0.25) is 0 Å². The third-order valence-corrected chi connectivity index (χ3v) is 16.3. The van der Waals surface area contributed by atoms with E-state index in [9.17, 15) is 0 Å². The Morgan fingerprint density at radius 2 is 1.28 bits per heavy atom. The maximum Gasteiger partial charge on any atom is 0.198 e. The molecular weight excluding hydrogens is 844 g/mol. The van der Waals surface area contributed by atoms with Gasteiger partial charge in [-0.3, -0.25) is 0 Å². The van der Waals surface area contributed by atoms with Gasteiger partial charge in [0.25, 0.3) is 0 Å². The molecule has 9 aromatic carbocycles. The summed E-state index contributed by atoms with van der Waals surface area (Å²) in [6.45, 7) is 11.6. The number of anilines is 2. The van der Waals surface area contributed by atoms with Crippen molar-refractivity contribution in [3.05, 3.63) is 199 Å². The van der Waals surface area contributed by atoms with Crippen molar-refractivity contribution in [3.63, 3.8) is 0 Å². The minimum absolute atomic E-state index is 0.0687. The SMILES string of the molecule is CC(C)(C)c1ccc(Nc2cc3sc4ccccc4c3cc2-c2ccc3c4cc5c(cc4n4c3c2Bc2cc3oc(-c6ccccc6)c(-c6ccccc6)c3cc2-4)C(C)(C)c2ccccc2-5)cc1. The first-order chi connectivity index (χ1) is 33.1. The molecule has 0 saturated heterocycles. The predicted octanol–water partition coefficient (Wildman–Crippen LogP) is 15.9. The van der Waals surface area contributed by atoms with Gasteiger partial charge in [0, 0.05) is 81.0 Å². The number of hydrogen-bond donors (Lipinski definition) is 1. The summed E-state index contributed by atoms with van der Waals surface area (Å²) in [6, 6.07) is 67.7. The van der Waals surface area contributed by atoms with Gasteiger partial charge in [-0.1, -0.05) is 167 Å². The molecule has 4 heterocycles. The molecule has 324 valence electrons. The molecule has 3 aromatic heterocycles. The second-order valence-corrected chi connectivity index (χ2v) is 21.6. The van der Waals surface area contributed by atoms with E-state index < -0.39 is 0 Å². The second-order valence-electron chi connectivity index (χ2n) is 20.5. The van der Waals surface area contributed by atoms with Gasteiger partial charge in [0.15, 0.2) is 7.28 Å². The van der Waals surface area contributed by atoms with Crippen LogP contribution in [0.3, 0.4) is 0 Å². The fourth-order valence-electron chi connectivity index (χ4n) is 11.8. The van der Waals surface area contributed by atoms with Gasteiger partial charge in [0.05, 0.1) is 5.52 Å². The van der Waals surface area contributed by atoms with Crippen LogP contribution in [-0.4, -0.2) is 11.8 Å². The molecule has 3 nitrogen and oxygen atoms in total. The van der Waals surface area contributed by atoms with E-state index in [2.05, 4.69) is 226 Å². The van der Waals surface area contributed by atoms with E-state index >= 15 is 0 Å². The summed E-state index contributed by atoms with van der Waals surface area (Å²) in [5, 5.41) is 10.2. The first-order valence-electron chi connectivity index (χ1n) is 23.9. The number of furan rings is 1. The zero-order valence-electron chi connectivity index (χ0n) is 38.8. The molecule has 1 N–H and O–H groups in total. The predicted molar refractivity (Wildman–Crippen MR) is 292 cm³/mol. The molecule has 14 rings (SSSR count). The topological polar surface area (TPSA) is 30.1 Å². The normalized spacial score (nSPS) is 13.6. The summed E-state index contributed by atoms with van der Waals surface area (Å²) >= 11 is 1.87. The summed E-state index contributed by atoms with van der Waals surface area (Å²) in [6.07, 6.45) is 0. The lowest BCUT2D eigenvalue weighted by molar-refractivity contribution is 0.590. The minimum atomic E-state index is -0.147. The Morgan fingerprint density at radius 3 is 2.07 bits per heavy atom. The Morgan fingerprint density at radius 1 is 0.559 bits per heavy atom. The smallest absolute Gasteiger partial charge is 0.198 e. The van der Waals surface area contributed by atoms with Gasteiger partial charge in [-0.05, 0) is 104 Å². The van der Waals surface area contributed by atoms with Crippen molar-refractivity contribution in [1.29, 1.82) is 0 Å². The van der Waals surface area contributed by atoms with Crippen LogP contribution < -0.4 is 16.2 Å². The number of nitrogens with one attached hydrogen (secondary N) is 1. The van der Waals surface area contributed by atoms with Gasteiger partial charge < -0.3 is 14.3 Å². The monoisotopic (exact) mass is 890 g/mol. The number of nitrogens with zero attached hydrogens (tertiary/aromatic N) is 1. The van der Waals surface area contributed by atoms with Crippen LogP contribution in [0, 0.1) is 0 Å². The fourth-order valence-corrected chi connectivity index (χ4v) is 12.9. The third kappa shape index (κ3) is 5.72. The van der Waals surface area contributed by atoms with Crippen LogP contribution in [0.15, 0.2) is 186 Å². The lowest BCUT2D eigenvalue weighted by Crippen LogP contribution is -2.37. The summed E-state index contributed by atoms with van der Waals surface area (Å²) < 4.78 is 12.2. The maximum absolute atomic E-state index is 7.05. The minimum Gasteiger partial charge on any atom is -0.455 e. The molecule has 1 aliphatic heterocycles. The van der Waals surface area contributed by atoms with E-state index in [0.29, 0.717) is 0 Å². The van der Waals surface area contributed by atoms with Crippen LogP contribution in [0.25, 0.3) is 103 Å². The third-order valence-electron chi connectivity index (χ3n) is 15.2. The number of fused-ring (bicyclic) bond motifs is 12. The molecule has 0 saturated carbocycles. The molecule has 12 aromatic rings. The van der Waals surface area contributed by atoms with Crippen molar-refractivity contribution in [2.45, 2.75) is 45.4 Å². The van der Waals surface area contributed by atoms with E-state index in [-0.39, 0.29) is 10.8 Å². The molecule has 0 amide bonds. The van der Waals surface area contributed by atoms with Crippen LogP contribution in [0.2, 0.25) is 0 Å². The largest absolute Gasteiger partial charge is 0.455 e. The maximum atomic E-state index is 7.05. The summed E-state index contributed by atoms with van der Waals surface area (Å²) in [4.78, 5) is 0. The van der Waals surface area contributed by atoms with Crippen molar-refractivity contribution < 1.29 is 4.42 Å². The van der Waals surface area contributed by atoms with E-state index in [0.717, 1.165) is 52.1 Å². The van der Waals surface area contributed by atoms with Crippen LogP contribution >= 0.6 is 11.3 Å². The number of benzene rings is 9. The number of hydrogen-bond acceptors (Lipinski definition) is 3. The Bertz CT molecular complexity index is 4070. The average Bonchev–Trinajstić information content (AvgIpc) is 4.07. The molecule has 0 fully saturated rings. The van der Waals surface area contributed by atoms with Gasteiger partial charge in [-0.25, -0.2) is 0 Å². The number of aromatic nitrogens is 1. The van der Waals surface area contributed by atoms with E-state index in [1.165, 1.54) is 97.5 Å². The first-order valence-corrected chi connectivity index (χ1v) is 24.7. The Hall–Kier alpha value is -7.60. The van der Waals surface area contributed by atoms with E-state index in [4.69, 9.17) is 4.42 Å². The van der Waals surface area contributed by atoms with Crippen molar-refractivity contribution >= 4 is 93.9 Å². The molecule has 0 radical (unpaired) electrons. The highest BCUT2D eigenvalue weighted by Crippen LogP contribution is 2.52. The van der Waals surface area contributed by atoms with Crippen molar-refractivity contribution in [3.8, 4) is 50.4 Å². The molecule has 5 heteroatoms. The molecule has 68 heavy (non-hydrogen) atoms. The summed E-state index contributed by atoms with van der Waals surface area (Å²) in [5.74, 6) is 0.898. The van der Waals surface area contributed by atoms with Crippen LogP contribution in [0.4, 0.5) is 11.4 Å². The highest BCUT2D eigenvalue weighted by Gasteiger charge is 2.37. The lowest BCUT2D eigenvalue weighted by atomic mass is 9.59. The van der Waals surface area contributed by atoms with Crippen LogP contribution in [0.1, 0.15) is 51.3 Å². The quantitative estimate of drug-likeness (QED) is 0.175. The van der Waals surface area contributed by atoms with E-state index in [1.807, 2.05) is 11.3 Å². The van der Waals surface area contributed by atoms with Crippen LogP contribution in [0.5, 0.6) is 0 Å². The number of thiophene rings is 1. The standard InChI is InChI=1S/C63H47BN2OS/c1-62(2,3)38-24-26-39(27-25-38)65-52-35-57-47(41-21-13-15-23-56(41)68-57)31-45(52)42-28-29-43-46-30-44-40-20-12-14-22-49(40)63(4,5)50(44)33-53(46)66-54-32-48-55(34-51(54)64-59(42)60(43)66)67-61(37-18-10-7-11-19-37)58(48)36-16-8-6-9-17-36/h6-35,64-65H,1-5H3. The highest BCUT2D eigenvalue weighted by molar-refractivity contribution is 7.25. The highest BCUT2D eigenvalue weighted by atomic mass is 32.1. The van der Waals surface area contributed by atoms with Crippen molar-refractivity contribution in [2.24, 2.45) is 0 Å².